The van der Waals surface area contributed by atoms with E-state index in [1.165, 1.54) is 48.5 Å². The number of fused-ring (bicyclic) bond motifs is 1. The van der Waals surface area contributed by atoms with E-state index in [1.807, 2.05) is 0 Å². The van der Waals surface area contributed by atoms with E-state index in [-0.39, 0.29) is 28.4 Å². The van der Waals surface area contributed by atoms with Crippen LogP contribution in [0.5, 0.6) is 17.2 Å². The molecule has 2 N–H and O–H groups in total. The molecule has 0 aromatic heterocycles. The van der Waals surface area contributed by atoms with E-state index >= 15 is 0 Å². The van der Waals surface area contributed by atoms with Gasteiger partial charge in [-0.1, -0.05) is 24.3 Å². The maximum absolute atomic E-state index is 13.2. The molecule has 30 heavy (non-hydrogen) atoms. The second-order valence-corrected chi connectivity index (χ2v) is 6.82. The summed E-state index contributed by atoms with van der Waals surface area (Å²) in [5.74, 6) is -0.201. The molecule has 4 nitrogen and oxygen atoms in total. The molecule has 1 aliphatic heterocycles. The average Bonchev–Trinajstić information content (AvgIpc) is 2.71. The molecule has 1 unspecified atom stereocenters. The minimum atomic E-state index is -4.46. The van der Waals surface area contributed by atoms with Gasteiger partial charge in [-0.15, -0.1) is 0 Å². The van der Waals surface area contributed by atoms with E-state index < -0.39 is 23.6 Å². The summed E-state index contributed by atoms with van der Waals surface area (Å²) in [5.41, 5.74) is 0.531. The first-order valence-electron chi connectivity index (χ1n) is 8.94. The standard InChI is InChI=1S/C23H15F3O4/c24-23(25,26)15-5-1-13(2-6-15)11-19-21(29)18-12-17(28)9-10-20(18)30-22(19)14-3-7-16(27)8-4-14/h1-12,22,27-28H. The Morgan fingerprint density at radius 2 is 1.50 bits per heavy atom. The van der Waals surface area contributed by atoms with Gasteiger partial charge in [0.25, 0.3) is 0 Å². The molecule has 3 aromatic carbocycles. The summed E-state index contributed by atoms with van der Waals surface area (Å²) in [6, 6.07) is 14.7. The Hall–Kier alpha value is -3.74. The molecule has 0 radical (unpaired) electrons. The molecule has 0 aliphatic carbocycles. The normalized spacial score (nSPS) is 17.5. The van der Waals surface area contributed by atoms with Crippen molar-refractivity contribution in [2.75, 3.05) is 0 Å². The molecule has 0 amide bonds. The van der Waals surface area contributed by atoms with E-state index in [1.54, 1.807) is 12.1 Å². The number of hydrogen-bond donors (Lipinski definition) is 2. The zero-order valence-corrected chi connectivity index (χ0v) is 15.4. The van der Waals surface area contributed by atoms with Gasteiger partial charge in [0.05, 0.1) is 11.1 Å². The molecule has 0 saturated carbocycles. The molecular formula is C23H15F3O4. The highest BCUT2D eigenvalue weighted by Gasteiger charge is 2.34. The summed E-state index contributed by atoms with van der Waals surface area (Å²) < 4.78 is 44.5. The highest BCUT2D eigenvalue weighted by Crippen LogP contribution is 2.41. The number of phenols is 2. The zero-order valence-electron chi connectivity index (χ0n) is 15.4. The van der Waals surface area contributed by atoms with Gasteiger partial charge in [0.1, 0.15) is 17.2 Å². The first kappa shape index (κ1) is 19.6. The lowest BCUT2D eigenvalue weighted by Gasteiger charge is -2.28. The van der Waals surface area contributed by atoms with Crippen molar-refractivity contribution in [3.8, 4) is 17.2 Å². The zero-order chi connectivity index (χ0) is 21.5. The lowest BCUT2D eigenvalue weighted by Crippen LogP contribution is -2.23. The number of alkyl halides is 3. The van der Waals surface area contributed by atoms with Crippen molar-refractivity contribution >= 4 is 11.9 Å². The molecule has 152 valence electrons. The number of benzene rings is 3. The van der Waals surface area contributed by atoms with Crippen LogP contribution in [0.25, 0.3) is 6.08 Å². The summed E-state index contributed by atoms with van der Waals surface area (Å²) in [4.78, 5) is 13.2. The van der Waals surface area contributed by atoms with Gasteiger partial charge >= 0.3 is 6.18 Å². The number of rotatable bonds is 2. The number of ketones is 1. The minimum absolute atomic E-state index is 0.0412. The van der Waals surface area contributed by atoms with Crippen molar-refractivity contribution < 1.29 is 32.9 Å². The van der Waals surface area contributed by atoms with Crippen LogP contribution in [0.15, 0.2) is 72.3 Å². The Morgan fingerprint density at radius 1 is 0.867 bits per heavy atom. The molecule has 0 bridgehead atoms. The van der Waals surface area contributed by atoms with Crippen molar-refractivity contribution in [2.24, 2.45) is 0 Å². The highest BCUT2D eigenvalue weighted by atomic mass is 19.4. The van der Waals surface area contributed by atoms with E-state index in [9.17, 15) is 28.2 Å². The first-order valence-corrected chi connectivity index (χ1v) is 8.94. The van der Waals surface area contributed by atoms with E-state index in [0.29, 0.717) is 11.1 Å². The van der Waals surface area contributed by atoms with Crippen molar-refractivity contribution in [3.05, 3.63) is 94.6 Å². The number of phenolic OH excluding ortho intramolecular Hbond substituents is 2. The fraction of sp³-hybridized carbons (Fsp3) is 0.0870. The third kappa shape index (κ3) is 3.74. The molecule has 1 aliphatic rings. The molecule has 0 fully saturated rings. The number of carbonyl (C=O) groups is 1. The number of Topliss-reactive ketones (excluding diaryl/α,β-unsaturated/α-hetero) is 1. The van der Waals surface area contributed by atoms with E-state index in [0.717, 1.165) is 12.1 Å². The van der Waals surface area contributed by atoms with E-state index in [2.05, 4.69) is 0 Å². The Balaban J connectivity index is 1.81. The molecule has 1 heterocycles. The monoisotopic (exact) mass is 412 g/mol. The van der Waals surface area contributed by atoms with Crippen LogP contribution in [0.2, 0.25) is 0 Å². The van der Waals surface area contributed by atoms with Gasteiger partial charge in [-0.3, -0.25) is 4.79 Å². The predicted molar refractivity (Wildman–Crippen MR) is 103 cm³/mol. The van der Waals surface area contributed by atoms with Gasteiger partial charge in [0.15, 0.2) is 11.9 Å². The first-order chi connectivity index (χ1) is 14.2. The van der Waals surface area contributed by atoms with Crippen molar-refractivity contribution in [2.45, 2.75) is 12.3 Å². The Bertz CT molecular complexity index is 1130. The topological polar surface area (TPSA) is 66.8 Å². The van der Waals surface area contributed by atoms with Gasteiger partial charge in [0, 0.05) is 5.57 Å². The fourth-order valence-corrected chi connectivity index (χ4v) is 3.25. The third-order valence-electron chi connectivity index (χ3n) is 4.75. The average molecular weight is 412 g/mol. The van der Waals surface area contributed by atoms with Crippen molar-refractivity contribution in [3.63, 3.8) is 0 Å². The van der Waals surface area contributed by atoms with Gasteiger partial charge in [-0.05, 0) is 59.7 Å². The van der Waals surface area contributed by atoms with Gasteiger partial charge in [0.2, 0.25) is 0 Å². The molecule has 3 aromatic rings. The summed E-state index contributed by atoms with van der Waals surface area (Å²) in [6.45, 7) is 0. The predicted octanol–water partition coefficient (Wildman–Crippen LogP) is 5.52. The molecule has 4 rings (SSSR count). The summed E-state index contributed by atoms with van der Waals surface area (Å²) in [6.07, 6.45) is -3.83. The number of hydrogen-bond acceptors (Lipinski definition) is 4. The lowest BCUT2D eigenvalue weighted by molar-refractivity contribution is -0.137. The quantitative estimate of drug-likeness (QED) is 0.544. The number of carbonyl (C=O) groups excluding carboxylic acids is 1. The van der Waals surface area contributed by atoms with Crippen LogP contribution in [-0.2, 0) is 6.18 Å². The SMILES string of the molecule is O=C1C(=Cc2ccc(C(F)(F)F)cc2)C(c2ccc(O)cc2)Oc2ccc(O)cc21. The van der Waals surface area contributed by atoms with Crippen molar-refractivity contribution in [1.82, 2.24) is 0 Å². The smallest absolute Gasteiger partial charge is 0.416 e. The molecular weight excluding hydrogens is 397 g/mol. The second-order valence-electron chi connectivity index (χ2n) is 6.82. The molecule has 0 saturated heterocycles. The fourth-order valence-electron chi connectivity index (χ4n) is 3.25. The highest BCUT2D eigenvalue weighted by molar-refractivity contribution is 6.14. The number of aromatic hydroxyl groups is 2. The maximum atomic E-state index is 13.2. The van der Waals surface area contributed by atoms with Gasteiger partial charge < -0.3 is 14.9 Å². The summed E-state index contributed by atoms with van der Waals surface area (Å²) >= 11 is 0. The van der Waals surface area contributed by atoms with Crippen LogP contribution in [0.4, 0.5) is 13.2 Å². The number of halogens is 3. The summed E-state index contributed by atoms with van der Waals surface area (Å²) in [5, 5.41) is 19.3. The Labute approximate surface area is 169 Å². The van der Waals surface area contributed by atoms with Gasteiger partial charge in [-0.2, -0.15) is 13.2 Å². The Kier molecular flexibility index (Phi) is 4.73. The van der Waals surface area contributed by atoms with Crippen LogP contribution in [0.3, 0.4) is 0 Å². The third-order valence-corrected chi connectivity index (χ3v) is 4.75. The number of ether oxygens (including phenoxy) is 1. The Morgan fingerprint density at radius 3 is 2.13 bits per heavy atom. The van der Waals surface area contributed by atoms with Crippen LogP contribution in [0, 0.1) is 0 Å². The molecule has 1 atom stereocenters. The van der Waals surface area contributed by atoms with Crippen LogP contribution in [-0.4, -0.2) is 16.0 Å². The minimum Gasteiger partial charge on any atom is -0.508 e. The second kappa shape index (κ2) is 7.26. The van der Waals surface area contributed by atoms with Crippen LogP contribution in [0.1, 0.15) is 33.2 Å². The maximum Gasteiger partial charge on any atom is 0.416 e. The largest absolute Gasteiger partial charge is 0.508 e. The van der Waals surface area contributed by atoms with Crippen LogP contribution >= 0.6 is 0 Å². The van der Waals surface area contributed by atoms with Gasteiger partial charge in [-0.25, -0.2) is 0 Å². The molecule has 0 spiro atoms. The lowest BCUT2D eigenvalue weighted by atomic mass is 9.89. The molecule has 7 heteroatoms. The van der Waals surface area contributed by atoms with E-state index in [4.69, 9.17) is 4.74 Å². The van der Waals surface area contributed by atoms with Crippen molar-refractivity contribution in [1.29, 1.82) is 0 Å². The summed E-state index contributed by atoms with van der Waals surface area (Å²) in [7, 11) is 0. The van der Waals surface area contributed by atoms with Crippen LogP contribution < -0.4 is 4.74 Å².